The maximum atomic E-state index is 13.2. The molecule has 6 atom stereocenters. The van der Waals surface area contributed by atoms with Crippen LogP contribution in [0, 0.1) is 0 Å². The lowest BCUT2D eigenvalue weighted by molar-refractivity contribution is -0.301. The lowest BCUT2D eigenvalue weighted by Gasteiger charge is -2.40. The smallest absolute Gasteiger partial charge is 0.335 e. The molecule has 0 bridgehead atoms. The lowest BCUT2D eigenvalue weighted by Crippen LogP contribution is -2.61. The number of allylic oxidation sites excluding steroid dienone is 12. The number of hydrogen-bond donors (Lipinski definition) is 3. The third-order valence-electron chi connectivity index (χ3n) is 13.7. The molecule has 0 aliphatic carbocycles. The Morgan fingerprint density at radius 3 is 1.29 bits per heavy atom. The number of rotatable bonds is 52. The molecule has 0 radical (unpaired) electrons. The van der Waals surface area contributed by atoms with Crippen LogP contribution in [0.25, 0.3) is 0 Å². The highest BCUT2D eigenvalue weighted by Crippen LogP contribution is 2.26. The second kappa shape index (κ2) is 52.8. The van der Waals surface area contributed by atoms with Crippen molar-refractivity contribution in [3.63, 3.8) is 0 Å². The topological polar surface area (TPSA) is 175 Å². The van der Waals surface area contributed by atoms with Crippen molar-refractivity contribution in [2.24, 2.45) is 0 Å². The van der Waals surface area contributed by atoms with Crippen molar-refractivity contribution in [1.29, 1.82) is 0 Å². The Morgan fingerprint density at radius 2 is 0.818 bits per heavy atom. The zero-order chi connectivity index (χ0) is 56.1. The predicted octanol–water partition coefficient (Wildman–Crippen LogP) is 16.1. The van der Waals surface area contributed by atoms with E-state index in [4.69, 9.17) is 23.7 Å². The van der Waals surface area contributed by atoms with Crippen molar-refractivity contribution in [3.05, 3.63) is 72.9 Å². The molecule has 1 rings (SSSR count). The van der Waals surface area contributed by atoms with Gasteiger partial charge in [0.15, 0.2) is 24.6 Å². The van der Waals surface area contributed by atoms with E-state index >= 15 is 0 Å². The number of esters is 3. The van der Waals surface area contributed by atoms with E-state index in [1.807, 2.05) is 0 Å². The molecule has 0 amide bonds. The molecule has 6 unspecified atom stereocenters. The number of unbranched alkanes of at least 4 members (excludes halogenated alkanes) is 26. The SMILES string of the molecule is CC/C=C\C/C=C\C/C=C\C/C=C\CCCCC(=O)OCC(COC1OC(C(=O)O)C(O)C(O)C1OC(=O)CCCCCCCCC/C=C\CCCCCCCC)OC(=O)CCCCCCC/C=C\CCCCCCCC. The Kier molecular flexibility index (Phi) is 48.8. The van der Waals surface area contributed by atoms with Crippen molar-refractivity contribution in [3.8, 4) is 0 Å². The first kappa shape index (κ1) is 71.2. The number of aliphatic carboxylic acids is 1. The highest BCUT2D eigenvalue weighted by atomic mass is 16.7. The van der Waals surface area contributed by atoms with E-state index in [-0.39, 0.29) is 25.9 Å². The molecule has 0 aromatic carbocycles. The minimum absolute atomic E-state index is 0.0494. The van der Waals surface area contributed by atoms with Gasteiger partial charge in [0.05, 0.1) is 6.61 Å². The molecule has 3 N–H and O–H groups in total. The van der Waals surface area contributed by atoms with Crippen LogP contribution in [0.15, 0.2) is 72.9 Å². The number of carbonyl (C=O) groups excluding carboxylic acids is 3. The third kappa shape index (κ3) is 42.7. The van der Waals surface area contributed by atoms with E-state index in [0.29, 0.717) is 19.3 Å². The standard InChI is InChI=1S/C65H110O12/c1-4-7-10-13-16-19-22-25-28-29-32-35-38-41-44-47-50-53-59(68)76-63-61(70)60(69)62(64(71)72)77-65(63)74-55-56(75-58(67)52-49-46-43-40-37-34-31-27-24-21-18-15-12-9-6-3)54-73-57(66)51-48-45-42-39-36-33-30-26-23-20-17-14-11-8-5-2/h8,11,17,20,25-28,30-31,36,39,56,60-63,65,69-70H,4-7,9-10,12-16,18-19,21-24,29,32-35,37-38,40-55H2,1-3H3,(H,71,72)/b11-8-,20-17-,28-25-,30-26-,31-27-,39-36-. The Hall–Kier alpha value is -3.84. The lowest BCUT2D eigenvalue weighted by atomic mass is 9.98. The summed E-state index contributed by atoms with van der Waals surface area (Å²) < 4.78 is 28.4. The fourth-order valence-electron chi connectivity index (χ4n) is 9.00. The average Bonchev–Trinajstić information content (AvgIpc) is 3.42. The van der Waals surface area contributed by atoms with Crippen LogP contribution in [0.4, 0.5) is 0 Å². The van der Waals surface area contributed by atoms with E-state index in [2.05, 4.69) is 93.7 Å². The first-order chi connectivity index (χ1) is 37.6. The molecule has 12 nitrogen and oxygen atoms in total. The van der Waals surface area contributed by atoms with Crippen LogP contribution in [0.3, 0.4) is 0 Å². The molecule has 1 aliphatic heterocycles. The maximum absolute atomic E-state index is 13.2. The Morgan fingerprint density at radius 1 is 0.442 bits per heavy atom. The number of carboxylic acid groups (broad SMARTS) is 1. The first-order valence-corrected chi connectivity index (χ1v) is 30.9. The van der Waals surface area contributed by atoms with Gasteiger partial charge in [-0.15, -0.1) is 0 Å². The van der Waals surface area contributed by atoms with Gasteiger partial charge in [0, 0.05) is 19.3 Å². The number of ether oxygens (including phenoxy) is 5. The maximum Gasteiger partial charge on any atom is 0.335 e. The van der Waals surface area contributed by atoms with Gasteiger partial charge in [0.2, 0.25) is 0 Å². The summed E-state index contributed by atoms with van der Waals surface area (Å²) in [6.07, 6.45) is 54.4. The van der Waals surface area contributed by atoms with Gasteiger partial charge in [-0.05, 0) is 109 Å². The van der Waals surface area contributed by atoms with Crippen molar-refractivity contribution in [1.82, 2.24) is 0 Å². The van der Waals surface area contributed by atoms with Crippen molar-refractivity contribution in [2.45, 2.75) is 302 Å². The number of aliphatic hydroxyl groups excluding tert-OH is 2. The average molecular weight is 1080 g/mol. The number of hydrogen-bond acceptors (Lipinski definition) is 11. The van der Waals surface area contributed by atoms with Crippen LogP contribution >= 0.6 is 0 Å². The molecule has 1 fully saturated rings. The minimum atomic E-state index is -1.91. The summed E-state index contributed by atoms with van der Waals surface area (Å²) >= 11 is 0. The van der Waals surface area contributed by atoms with Crippen molar-refractivity contribution >= 4 is 23.9 Å². The second-order valence-electron chi connectivity index (χ2n) is 20.9. The summed E-state index contributed by atoms with van der Waals surface area (Å²) in [7, 11) is 0. The van der Waals surface area contributed by atoms with Gasteiger partial charge in [-0.3, -0.25) is 14.4 Å². The second-order valence-corrected chi connectivity index (χ2v) is 20.9. The minimum Gasteiger partial charge on any atom is -0.479 e. The largest absolute Gasteiger partial charge is 0.479 e. The van der Waals surface area contributed by atoms with Gasteiger partial charge in [0.25, 0.3) is 0 Å². The van der Waals surface area contributed by atoms with Gasteiger partial charge in [-0.25, -0.2) is 4.79 Å². The summed E-state index contributed by atoms with van der Waals surface area (Å²) in [6.45, 7) is 5.84. The highest BCUT2D eigenvalue weighted by molar-refractivity contribution is 5.74. The van der Waals surface area contributed by atoms with Gasteiger partial charge in [-0.1, -0.05) is 209 Å². The van der Waals surface area contributed by atoms with Crippen LogP contribution in [-0.2, 0) is 42.9 Å². The quantitative estimate of drug-likeness (QED) is 0.0228. The molecule has 1 heterocycles. The molecule has 12 heteroatoms. The van der Waals surface area contributed by atoms with Gasteiger partial charge < -0.3 is 39.0 Å². The number of carbonyl (C=O) groups is 4. The molecule has 77 heavy (non-hydrogen) atoms. The normalized spacial score (nSPS) is 18.5. The monoisotopic (exact) mass is 1080 g/mol. The zero-order valence-corrected chi connectivity index (χ0v) is 48.7. The molecule has 0 saturated carbocycles. The third-order valence-corrected chi connectivity index (χ3v) is 13.7. The predicted molar refractivity (Wildman–Crippen MR) is 312 cm³/mol. The summed E-state index contributed by atoms with van der Waals surface area (Å²) in [5.74, 6) is -3.18. The van der Waals surface area contributed by atoms with Crippen molar-refractivity contribution < 1.29 is 58.2 Å². The Balaban J connectivity index is 2.71. The van der Waals surface area contributed by atoms with E-state index in [1.54, 1.807) is 0 Å². The number of carboxylic acids is 1. The van der Waals surface area contributed by atoms with E-state index in [0.717, 1.165) is 116 Å². The Bertz CT molecular complexity index is 1620. The summed E-state index contributed by atoms with van der Waals surface area (Å²) in [5.41, 5.74) is 0. The summed E-state index contributed by atoms with van der Waals surface area (Å²) in [5, 5.41) is 31.5. The van der Waals surface area contributed by atoms with Gasteiger partial charge >= 0.3 is 23.9 Å². The molecular formula is C65H110O12. The number of aliphatic hydroxyl groups is 2. The van der Waals surface area contributed by atoms with E-state index in [9.17, 15) is 34.5 Å². The van der Waals surface area contributed by atoms with E-state index < -0.39 is 67.3 Å². The summed E-state index contributed by atoms with van der Waals surface area (Å²) in [4.78, 5) is 51.2. The zero-order valence-electron chi connectivity index (χ0n) is 48.7. The van der Waals surface area contributed by atoms with Crippen LogP contribution in [0.2, 0.25) is 0 Å². The fraction of sp³-hybridized carbons (Fsp3) is 0.754. The highest BCUT2D eigenvalue weighted by Gasteiger charge is 2.50. The molecule has 0 aromatic rings. The fourth-order valence-corrected chi connectivity index (χ4v) is 9.00. The molecule has 1 aliphatic rings. The molecular weight excluding hydrogens is 973 g/mol. The summed E-state index contributed by atoms with van der Waals surface area (Å²) in [6, 6.07) is 0. The van der Waals surface area contributed by atoms with Gasteiger partial charge in [0.1, 0.15) is 18.8 Å². The van der Waals surface area contributed by atoms with Crippen LogP contribution in [0.5, 0.6) is 0 Å². The molecule has 0 aromatic heterocycles. The van der Waals surface area contributed by atoms with E-state index in [1.165, 1.54) is 89.9 Å². The van der Waals surface area contributed by atoms with Crippen LogP contribution in [-0.4, -0.2) is 89.2 Å². The van der Waals surface area contributed by atoms with Gasteiger partial charge in [-0.2, -0.15) is 0 Å². The Labute approximate surface area is 468 Å². The molecule has 442 valence electrons. The molecule has 0 spiro atoms. The van der Waals surface area contributed by atoms with Crippen LogP contribution < -0.4 is 0 Å². The van der Waals surface area contributed by atoms with Crippen molar-refractivity contribution in [2.75, 3.05) is 13.2 Å². The molecule has 1 saturated heterocycles. The first-order valence-electron chi connectivity index (χ1n) is 30.9. The van der Waals surface area contributed by atoms with Crippen LogP contribution in [0.1, 0.15) is 265 Å².